The first-order valence-corrected chi connectivity index (χ1v) is 9.13. The molecule has 0 saturated heterocycles. The Balaban J connectivity index is 1.45. The van der Waals surface area contributed by atoms with Crippen LogP contribution in [0.15, 0.2) is 59.5 Å². The van der Waals surface area contributed by atoms with Crippen molar-refractivity contribution < 1.29 is 4.79 Å². The van der Waals surface area contributed by atoms with Gasteiger partial charge in [-0.25, -0.2) is 9.67 Å². The molecule has 3 heterocycles. The zero-order valence-electron chi connectivity index (χ0n) is 14.0. The van der Waals surface area contributed by atoms with Gasteiger partial charge in [-0.2, -0.15) is 5.10 Å². The minimum atomic E-state index is -0.348. The second-order valence-electron chi connectivity index (χ2n) is 6.10. The summed E-state index contributed by atoms with van der Waals surface area (Å²) in [6.07, 6.45) is 1.61. The average Bonchev–Trinajstić information content (AvgIpc) is 3.25. The van der Waals surface area contributed by atoms with Crippen LogP contribution in [0.1, 0.15) is 0 Å². The number of amides is 1. The molecule has 0 aliphatic carbocycles. The normalized spacial score (nSPS) is 11.4. The van der Waals surface area contributed by atoms with Crippen LogP contribution < -0.4 is 10.9 Å². The molecule has 2 aromatic carbocycles. The molecule has 5 rings (SSSR count). The predicted molar refractivity (Wildman–Crippen MR) is 106 cm³/mol. The Morgan fingerprint density at radius 2 is 1.93 bits per heavy atom. The fourth-order valence-corrected chi connectivity index (χ4v) is 3.99. The van der Waals surface area contributed by atoms with E-state index in [4.69, 9.17) is 0 Å². The van der Waals surface area contributed by atoms with E-state index in [0.717, 1.165) is 31.2 Å². The second kappa shape index (κ2) is 6.03. The van der Waals surface area contributed by atoms with E-state index in [1.807, 2.05) is 48.5 Å². The summed E-state index contributed by atoms with van der Waals surface area (Å²) in [5.74, 6) is -0.348. The third kappa shape index (κ3) is 2.67. The highest BCUT2D eigenvalue weighted by atomic mass is 32.1. The molecule has 0 aliphatic heterocycles. The number of carbonyl (C=O) groups excluding carboxylic acids is 1. The van der Waals surface area contributed by atoms with Crippen molar-refractivity contribution in [3.63, 3.8) is 0 Å². The third-order valence-electron chi connectivity index (χ3n) is 4.35. The monoisotopic (exact) mass is 375 g/mol. The molecule has 0 spiro atoms. The van der Waals surface area contributed by atoms with Gasteiger partial charge in [0.25, 0.3) is 5.56 Å². The predicted octanol–water partition coefficient (Wildman–Crippen LogP) is 3.13. The molecule has 2 N–H and O–H groups in total. The van der Waals surface area contributed by atoms with Gasteiger partial charge in [-0.05, 0) is 18.2 Å². The van der Waals surface area contributed by atoms with E-state index < -0.39 is 0 Å². The fourth-order valence-electron chi connectivity index (χ4n) is 3.11. The summed E-state index contributed by atoms with van der Waals surface area (Å²) in [6.45, 7) is -0.180. The van der Waals surface area contributed by atoms with Gasteiger partial charge < -0.3 is 10.3 Å². The Morgan fingerprint density at radius 3 is 2.81 bits per heavy atom. The van der Waals surface area contributed by atoms with Crippen molar-refractivity contribution in [2.24, 2.45) is 0 Å². The second-order valence-corrected chi connectivity index (χ2v) is 7.13. The molecule has 5 aromatic rings. The van der Waals surface area contributed by atoms with Crippen LogP contribution in [0, 0.1) is 0 Å². The van der Waals surface area contributed by atoms with E-state index in [9.17, 15) is 9.59 Å². The number of H-pyrrole nitrogens is 1. The van der Waals surface area contributed by atoms with Gasteiger partial charge in [0.2, 0.25) is 5.91 Å². The zero-order chi connectivity index (χ0) is 18.4. The molecule has 132 valence electrons. The van der Waals surface area contributed by atoms with Crippen LogP contribution in [0.3, 0.4) is 0 Å². The highest BCUT2D eigenvalue weighted by molar-refractivity contribution is 7.22. The van der Waals surface area contributed by atoms with Gasteiger partial charge in [-0.15, -0.1) is 0 Å². The van der Waals surface area contributed by atoms with E-state index in [-0.39, 0.29) is 18.0 Å². The Morgan fingerprint density at radius 1 is 1.11 bits per heavy atom. The quantitative estimate of drug-likeness (QED) is 0.507. The Labute approximate surface area is 156 Å². The smallest absolute Gasteiger partial charge is 0.291 e. The Hall–Kier alpha value is -3.52. The lowest BCUT2D eigenvalue weighted by Crippen LogP contribution is -2.29. The number of rotatable bonds is 3. The lowest BCUT2D eigenvalue weighted by Gasteiger charge is -2.04. The molecule has 0 radical (unpaired) electrons. The van der Waals surface area contributed by atoms with Crippen LogP contribution in [0.4, 0.5) is 5.13 Å². The number of benzene rings is 2. The maximum absolute atomic E-state index is 12.7. The minimum Gasteiger partial charge on any atom is -0.350 e. The molecular weight excluding hydrogens is 362 g/mol. The number of hydrogen-bond acceptors (Lipinski definition) is 5. The maximum Gasteiger partial charge on any atom is 0.291 e. The molecular formula is C19H13N5O2S. The van der Waals surface area contributed by atoms with E-state index >= 15 is 0 Å². The van der Waals surface area contributed by atoms with Crippen molar-refractivity contribution in [3.05, 3.63) is 65.1 Å². The van der Waals surface area contributed by atoms with E-state index in [2.05, 4.69) is 20.4 Å². The summed E-state index contributed by atoms with van der Waals surface area (Å²) in [7, 11) is 0. The summed E-state index contributed by atoms with van der Waals surface area (Å²) < 4.78 is 2.14. The maximum atomic E-state index is 12.7. The van der Waals surface area contributed by atoms with Gasteiger partial charge in [0.05, 0.1) is 16.4 Å². The van der Waals surface area contributed by atoms with Gasteiger partial charge in [0.15, 0.2) is 5.13 Å². The van der Waals surface area contributed by atoms with Gasteiger partial charge >= 0.3 is 0 Å². The molecule has 0 atom stereocenters. The van der Waals surface area contributed by atoms with Crippen LogP contribution in [0.2, 0.25) is 0 Å². The SMILES string of the molecule is O=C(Cn1ncc2c([nH]c3ccccc32)c1=O)Nc1nc2ccccc2s1. The lowest BCUT2D eigenvalue weighted by molar-refractivity contribution is -0.117. The number of anilines is 1. The topological polar surface area (TPSA) is 92.7 Å². The summed E-state index contributed by atoms with van der Waals surface area (Å²) in [4.78, 5) is 32.5. The molecule has 1 amide bonds. The van der Waals surface area contributed by atoms with Gasteiger partial charge in [0.1, 0.15) is 12.1 Å². The van der Waals surface area contributed by atoms with Crippen molar-refractivity contribution in [2.45, 2.75) is 6.54 Å². The zero-order valence-corrected chi connectivity index (χ0v) is 14.8. The summed E-state index contributed by atoms with van der Waals surface area (Å²) >= 11 is 1.39. The number of hydrogen-bond donors (Lipinski definition) is 2. The number of carbonyl (C=O) groups is 1. The van der Waals surface area contributed by atoms with E-state index in [1.54, 1.807) is 6.20 Å². The molecule has 0 fully saturated rings. The first-order chi connectivity index (χ1) is 13.2. The first kappa shape index (κ1) is 15.7. The summed E-state index contributed by atoms with van der Waals surface area (Å²) in [6, 6.07) is 15.3. The highest BCUT2D eigenvalue weighted by Gasteiger charge is 2.13. The van der Waals surface area contributed by atoms with Gasteiger partial charge in [-0.3, -0.25) is 9.59 Å². The molecule has 0 saturated carbocycles. The Bertz CT molecular complexity index is 1350. The Kier molecular flexibility index (Phi) is 3.51. The number of aromatic amines is 1. The van der Waals surface area contributed by atoms with Crippen molar-refractivity contribution in [3.8, 4) is 0 Å². The number of aromatic nitrogens is 4. The third-order valence-corrected chi connectivity index (χ3v) is 5.31. The molecule has 0 aliphatic rings. The molecule has 7 nitrogen and oxygen atoms in total. The number of para-hydroxylation sites is 2. The van der Waals surface area contributed by atoms with Crippen molar-refractivity contribution in [2.75, 3.05) is 5.32 Å². The van der Waals surface area contributed by atoms with Gasteiger partial charge in [-0.1, -0.05) is 41.7 Å². The van der Waals surface area contributed by atoms with Crippen LogP contribution in [0.5, 0.6) is 0 Å². The van der Waals surface area contributed by atoms with E-state index in [0.29, 0.717) is 10.6 Å². The first-order valence-electron chi connectivity index (χ1n) is 8.31. The van der Waals surface area contributed by atoms with Crippen LogP contribution >= 0.6 is 11.3 Å². The molecule has 8 heteroatoms. The molecule has 3 aromatic heterocycles. The number of thiazole rings is 1. The summed E-state index contributed by atoms with van der Waals surface area (Å²) in [5, 5.41) is 9.08. The van der Waals surface area contributed by atoms with Crippen LogP contribution in [0.25, 0.3) is 32.0 Å². The molecule has 27 heavy (non-hydrogen) atoms. The van der Waals surface area contributed by atoms with Crippen molar-refractivity contribution >= 4 is 54.4 Å². The fraction of sp³-hybridized carbons (Fsp3) is 0.0526. The molecule has 0 bridgehead atoms. The van der Waals surface area contributed by atoms with E-state index in [1.165, 1.54) is 11.3 Å². The number of fused-ring (bicyclic) bond motifs is 4. The number of nitrogens with zero attached hydrogens (tertiary/aromatic N) is 3. The van der Waals surface area contributed by atoms with Crippen molar-refractivity contribution in [1.29, 1.82) is 0 Å². The standard InChI is InChI=1S/C19H13N5O2S/c25-16(23-19-22-14-7-3-4-8-15(14)27-19)10-24-18(26)17-12(9-20-24)11-5-1-2-6-13(11)21-17/h1-9,21H,10H2,(H,22,23,25). The lowest BCUT2D eigenvalue weighted by atomic mass is 10.2. The minimum absolute atomic E-state index is 0.180. The highest BCUT2D eigenvalue weighted by Crippen LogP contribution is 2.25. The van der Waals surface area contributed by atoms with Crippen LogP contribution in [-0.2, 0) is 11.3 Å². The summed E-state index contributed by atoms with van der Waals surface area (Å²) in [5.41, 5.74) is 1.80. The largest absolute Gasteiger partial charge is 0.350 e. The van der Waals surface area contributed by atoms with Crippen molar-refractivity contribution in [1.82, 2.24) is 19.7 Å². The molecule has 0 unspecified atom stereocenters. The van der Waals surface area contributed by atoms with Gasteiger partial charge in [0, 0.05) is 16.3 Å². The number of nitrogens with one attached hydrogen (secondary N) is 2. The van der Waals surface area contributed by atoms with Crippen LogP contribution in [-0.4, -0.2) is 25.7 Å². The average molecular weight is 375 g/mol.